The second kappa shape index (κ2) is 5.19. The van der Waals surface area contributed by atoms with Gasteiger partial charge in [0.05, 0.1) is 6.10 Å². The number of aliphatic hydroxyl groups is 1. The molecular formula is C13H18BrNO. The smallest absolute Gasteiger partial charge is 0.0541 e. The zero-order valence-corrected chi connectivity index (χ0v) is 11.1. The van der Waals surface area contributed by atoms with E-state index in [9.17, 15) is 5.11 Å². The number of benzene rings is 1. The van der Waals surface area contributed by atoms with Gasteiger partial charge in [0.2, 0.25) is 0 Å². The third-order valence-electron chi connectivity index (χ3n) is 3.23. The first-order valence-electron chi connectivity index (χ1n) is 5.86. The van der Waals surface area contributed by atoms with Crippen molar-refractivity contribution in [2.75, 3.05) is 5.32 Å². The summed E-state index contributed by atoms with van der Waals surface area (Å²) in [5.41, 5.74) is 2.43. The van der Waals surface area contributed by atoms with Gasteiger partial charge in [0, 0.05) is 16.2 Å². The molecule has 1 saturated carbocycles. The van der Waals surface area contributed by atoms with Crippen LogP contribution in [0, 0.1) is 6.92 Å². The molecule has 16 heavy (non-hydrogen) atoms. The van der Waals surface area contributed by atoms with Crippen LogP contribution in [0.3, 0.4) is 0 Å². The van der Waals surface area contributed by atoms with Crippen molar-refractivity contribution in [2.45, 2.75) is 44.8 Å². The van der Waals surface area contributed by atoms with Gasteiger partial charge in [0.1, 0.15) is 0 Å². The quantitative estimate of drug-likeness (QED) is 0.871. The second-order valence-electron chi connectivity index (χ2n) is 4.61. The number of hydrogen-bond acceptors (Lipinski definition) is 2. The van der Waals surface area contributed by atoms with Crippen LogP contribution in [0.5, 0.6) is 0 Å². The van der Waals surface area contributed by atoms with Crippen molar-refractivity contribution in [3.8, 4) is 0 Å². The molecule has 3 heteroatoms. The highest BCUT2D eigenvalue weighted by atomic mass is 79.9. The Bertz CT molecular complexity index is 359. The summed E-state index contributed by atoms with van der Waals surface area (Å²) in [5, 5.41) is 13.0. The van der Waals surface area contributed by atoms with Gasteiger partial charge in [-0.05, 0) is 56.4 Å². The number of anilines is 1. The maximum Gasteiger partial charge on any atom is 0.0541 e. The summed E-state index contributed by atoms with van der Waals surface area (Å²) < 4.78 is 1.15. The summed E-state index contributed by atoms with van der Waals surface area (Å²) in [6.45, 7) is 2.10. The molecule has 0 spiro atoms. The topological polar surface area (TPSA) is 32.3 Å². The average molecular weight is 284 g/mol. The Morgan fingerprint density at radius 2 is 1.94 bits per heavy atom. The third-order valence-corrected chi connectivity index (χ3v) is 4.12. The summed E-state index contributed by atoms with van der Waals surface area (Å²) in [6.07, 6.45) is 3.90. The molecule has 1 fully saturated rings. The Hall–Kier alpha value is -0.540. The highest BCUT2D eigenvalue weighted by Crippen LogP contribution is 2.24. The summed E-state index contributed by atoms with van der Waals surface area (Å²) in [7, 11) is 0. The summed E-state index contributed by atoms with van der Waals surface area (Å²) >= 11 is 3.50. The molecule has 1 aliphatic rings. The van der Waals surface area contributed by atoms with Gasteiger partial charge in [-0.15, -0.1) is 0 Å². The van der Waals surface area contributed by atoms with Gasteiger partial charge in [0.25, 0.3) is 0 Å². The molecule has 0 atom stereocenters. The summed E-state index contributed by atoms with van der Waals surface area (Å²) in [6, 6.07) is 6.86. The first-order valence-corrected chi connectivity index (χ1v) is 6.65. The predicted molar refractivity (Wildman–Crippen MR) is 70.8 cm³/mol. The third kappa shape index (κ3) is 2.98. The van der Waals surface area contributed by atoms with Crippen molar-refractivity contribution in [3.63, 3.8) is 0 Å². The van der Waals surface area contributed by atoms with Crippen LogP contribution < -0.4 is 5.32 Å². The number of aryl methyl sites for hydroxylation is 1. The van der Waals surface area contributed by atoms with Gasteiger partial charge < -0.3 is 10.4 Å². The van der Waals surface area contributed by atoms with E-state index < -0.39 is 0 Å². The molecule has 0 aromatic heterocycles. The molecule has 2 nitrogen and oxygen atoms in total. The minimum atomic E-state index is -0.0790. The molecule has 0 heterocycles. The summed E-state index contributed by atoms with van der Waals surface area (Å²) in [4.78, 5) is 0. The van der Waals surface area contributed by atoms with Gasteiger partial charge in [0.15, 0.2) is 0 Å². The Labute approximate surface area is 105 Å². The number of hydrogen-bond donors (Lipinski definition) is 2. The predicted octanol–water partition coefficient (Wildman–Crippen LogP) is 3.47. The lowest BCUT2D eigenvalue weighted by molar-refractivity contribution is 0.126. The van der Waals surface area contributed by atoms with Crippen molar-refractivity contribution >= 4 is 21.6 Å². The van der Waals surface area contributed by atoms with Gasteiger partial charge in [-0.25, -0.2) is 0 Å². The van der Waals surface area contributed by atoms with E-state index in [1.807, 2.05) is 0 Å². The van der Waals surface area contributed by atoms with E-state index in [1.165, 1.54) is 11.3 Å². The number of halogens is 1. The minimum absolute atomic E-state index is 0.0790. The zero-order chi connectivity index (χ0) is 11.5. The Balaban J connectivity index is 1.96. The number of rotatable bonds is 2. The van der Waals surface area contributed by atoms with E-state index in [4.69, 9.17) is 0 Å². The van der Waals surface area contributed by atoms with Crippen molar-refractivity contribution in [2.24, 2.45) is 0 Å². The summed E-state index contributed by atoms with van der Waals surface area (Å²) in [5.74, 6) is 0. The second-order valence-corrected chi connectivity index (χ2v) is 5.47. The molecule has 0 aliphatic heterocycles. The van der Waals surface area contributed by atoms with Gasteiger partial charge >= 0.3 is 0 Å². The maximum atomic E-state index is 9.44. The largest absolute Gasteiger partial charge is 0.393 e. The lowest BCUT2D eigenvalue weighted by Crippen LogP contribution is -2.28. The Morgan fingerprint density at radius 1 is 1.25 bits per heavy atom. The van der Waals surface area contributed by atoms with Crippen LogP contribution in [0.1, 0.15) is 31.2 Å². The lowest BCUT2D eigenvalue weighted by Gasteiger charge is -2.27. The van der Waals surface area contributed by atoms with E-state index in [1.54, 1.807) is 0 Å². The molecule has 0 unspecified atom stereocenters. The fraction of sp³-hybridized carbons (Fsp3) is 0.538. The normalized spacial score (nSPS) is 25.4. The Morgan fingerprint density at radius 3 is 2.56 bits per heavy atom. The lowest BCUT2D eigenvalue weighted by atomic mass is 9.93. The molecule has 0 radical (unpaired) electrons. The van der Waals surface area contributed by atoms with Crippen LogP contribution in [0.15, 0.2) is 22.7 Å². The van der Waals surface area contributed by atoms with Crippen LogP contribution >= 0.6 is 15.9 Å². The maximum absolute atomic E-state index is 9.44. The molecule has 1 aliphatic carbocycles. The molecule has 1 aromatic carbocycles. The highest BCUT2D eigenvalue weighted by molar-refractivity contribution is 9.10. The van der Waals surface area contributed by atoms with Gasteiger partial charge in [-0.1, -0.05) is 15.9 Å². The van der Waals surface area contributed by atoms with E-state index in [0.29, 0.717) is 6.04 Å². The molecule has 0 bridgehead atoms. The Kier molecular flexibility index (Phi) is 3.87. The fourth-order valence-electron chi connectivity index (χ4n) is 2.19. The first kappa shape index (κ1) is 11.9. The van der Waals surface area contributed by atoms with Crippen molar-refractivity contribution in [1.29, 1.82) is 0 Å². The monoisotopic (exact) mass is 283 g/mol. The van der Waals surface area contributed by atoms with Crippen molar-refractivity contribution in [3.05, 3.63) is 28.2 Å². The fourth-order valence-corrected chi connectivity index (χ4v) is 2.44. The van der Waals surface area contributed by atoms with E-state index in [2.05, 4.69) is 46.4 Å². The van der Waals surface area contributed by atoms with Gasteiger partial charge in [-0.3, -0.25) is 0 Å². The average Bonchev–Trinajstić information content (AvgIpc) is 2.27. The van der Waals surface area contributed by atoms with Crippen LogP contribution in [-0.2, 0) is 0 Å². The van der Waals surface area contributed by atoms with E-state index >= 15 is 0 Å². The zero-order valence-electron chi connectivity index (χ0n) is 9.54. The minimum Gasteiger partial charge on any atom is -0.393 e. The molecular weight excluding hydrogens is 266 g/mol. The molecule has 0 saturated heterocycles. The highest BCUT2D eigenvalue weighted by Gasteiger charge is 2.18. The van der Waals surface area contributed by atoms with Crippen LogP contribution in [0.2, 0.25) is 0 Å². The van der Waals surface area contributed by atoms with E-state index in [-0.39, 0.29) is 6.10 Å². The van der Waals surface area contributed by atoms with Crippen molar-refractivity contribution in [1.82, 2.24) is 0 Å². The van der Waals surface area contributed by atoms with Crippen LogP contribution in [0.4, 0.5) is 5.69 Å². The first-order chi connectivity index (χ1) is 7.65. The molecule has 1 aromatic rings. The molecule has 2 N–H and O–H groups in total. The molecule has 2 rings (SSSR count). The molecule has 0 amide bonds. The van der Waals surface area contributed by atoms with E-state index in [0.717, 1.165) is 30.2 Å². The number of aliphatic hydroxyl groups excluding tert-OH is 1. The van der Waals surface area contributed by atoms with Crippen LogP contribution in [-0.4, -0.2) is 17.3 Å². The van der Waals surface area contributed by atoms with Crippen molar-refractivity contribution < 1.29 is 5.11 Å². The van der Waals surface area contributed by atoms with Crippen LogP contribution in [0.25, 0.3) is 0 Å². The standard InChI is InChI=1S/C13H18BrNO/c1-9-8-11(4-7-13(9)14)15-10-2-5-12(16)6-3-10/h4,7-8,10,12,15-16H,2-3,5-6H2,1H3. The number of nitrogens with one attached hydrogen (secondary N) is 1. The van der Waals surface area contributed by atoms with Gasteiger partial charge in [-0.2, -0.15) is 0 Å². The SMILES string of the molecule is Cc1cc(NC2CCC(O)CC2)ccc1Br. The molecule has 88 valence electrons.